The SMILES string of the molecule is C=CC=CC(=CC)C(CC(C)C)C(C)C. The highest BCUT2D eigenvalue weighted by Gasteiger charge is 2.17. The topological polar surface area (TPSA) is 0 Å². The third-order valence-electron chi connectivity index (χ3n) is 2.72. The molecule has 0 N–H and O–H groups in total. The van der Waals surface area contributed by atoms with Gasteiger partial charge in [0.1, 0.15) is 0 Å². The fourth-order valence-electron chi connectivity index (χ4n) is 1.91. The van der Waals surface area contributed by atoms with E-state index in [1.165, 1.54) is 12.0 Å². The van der Waals surface area contributed by atoms with Crippen molar-refractivity contribution >= 4 is 0 Å². The lowest BCUT2D eigenvalue weighted by Crippen LogP contribution is -2.13. The molecule has 0 amide bonds. The summed E-state index contributed by atoms with van der Waals surface area (Å²) < 4.78 is 0. The van der Waals surface area contributed by atoms with Crippen LogP contribution in [0.5, 0.6) is 0 Å². The zero-order chi connectivity index (χ0) is 11.8. The van der Waals surface area contributed by atoms with Crippen molar-refractivity contribution in [3.05, 3.63) is 36.5 Å². The van der Waals surface area contributed by atoms with Gasteiger partial charge in [0.05, 0.1) is 0 Å². The van der Waals surface area contributed by atoms with E-state index in [4.69, 9.17) is 0 Å². The molecule has 1 atom stereocenters. The fourth-order valence-corrected chi connectivity index (χ4v) is 1.91. The van der Waals surface area contributed by atoms with Gasteiger partial charge in [-0.1, -0.05) is 58.6 Å². The molecule has 0 aliphatic carbocycles. The first kappa shape index (κ1) is 14.2. The zero-order valence-corrected chi connectivity index (χ0v) is 11.0. The third kappa shape index (κ3) is 5.61. The minimum absolute atomic E-state index is 0.672. The van der Waals surface area contributed by atoms with Crippen molar-refractivity contribution < 1.29 is 0 Å². The van der Waals surface area contributed by atoms with Gasteiger partial charge in [0, 0.05) is 0 Å². The molecular formula is C15H26. The summed E-state index contributed by atoms with van der Waals surface area (Å²) in [5.74, 6) is 2.13. The predicted molar refractivity (Wildman–Crippen MR) is 70.9 cm³/mol. The molecule has 0 aliphatic rings. The molecule has 0 aromatic carbocycles. The number of rotatable bonds is 6. The molecule has 0 heterocycles. The summed E-state index contributed by atoms with van der Waals surface area (Å²) in [4.78, 5) is 0. The Balaban J connectivity index is 4.71. The van der Waals surface area contributed by atoms with Gasteiger partial charge in [-0.25, -0.2) is 0 Å². The van der Waals surface area contributed by atoms with Crippen LogP contribution in [0, 0.1) is 17.8 Å². The monoisotopic (exact) mass is 206 g/mol. The lowest BCUT2D eigenvalue weighted by molar-refractivity contribution is 0.368. The Bertz CT molecular complexity index is 228. The van der Waals surface area contributed by atoms with E-state index in [2.05, 4.69) is 53.3 Å². The molecule has 0 radical (unpaired) electrons. The number of allylic oxidation sites excluding steroid dienone is 5. The second kappa shape index (κ2) is 7.50. The van der Waals surface area contributed by atoms with Crippen LogP contribution in [0.25, 0.3) is 0 Å². The standard InChI is InChI=1S/C15H26/c1-7-9-10-14(8-2)15(13(5)6)11-12(3)4/h7-10,12-13,15H,1,11H2,2-6H3. The quantitative estimate of drug-likeness (QED) is 0.537. The van der Waals surface area contributed by atoms with Gasteiger partial charge in [0.15, 0.2) is 0 Å². The Morgan fingerprint density at radius 1 is 1.20 bits per heavy atom. The summed E-state index contributed by atoms with van der Waals surface area (Å²) in [5, 5.41) is 0. The third-order valence-corrected chi connectivity index (χ3v) is 2.72. The molecule has 0 rings (SSSR count). The highest BCUT2D eigenvalue weighted by atomic mass is 14.2. The Labute approximate surface area is 95.8 Å². The van der Waals surface area contributed by atoms with Crippen molar-refractivity contribution in [1.29, 1.82) is 0 Å². The van der Waals surface area contributed by atoms with Crippen LogP contribution in [-0.4, -0.2) is 0 Å². The molecule has 0 aliphatic heterocycles. The molecule has 0 bridgehead atoms. The minimum Gasteiger partial charge on any atom is -0.0991 e. The van der Waals surface area contributed by atoms with E-state index in [9.17, 15) is 0 Å². The van der Waals surface area contributed by atoms with Gasteiger partial charge < -0.3 is 0 Å². The first-order valence-corrected chi connectivity index (χ1v) is 5.98. The molecule has 0 saturated carbocycles. The molecule has 0 fully saturated rings. The van der Waals surface area contributed by atoms with Gasteiger partial charge in [-0.05, 0) is 36.7 Å². The van der Waals surface area contributed by atoms with Crippen LogP contribution in [0.2, 0.25) is 0 Å². The maximum Gasteiger partial charge on any atom is -0.0140 e. The number of hydrogen-bond donors (Lipinski definition) is 0. The van der Waals surface area contributed by atoms with E-state index in [0.717, 1.165) is 5.92 Å². The van der Waals surface area contributed by atoms with E-state index in [1.54, 1.807) is 0 Å². The summed E-state index contributed by atoms with van der Waals surface area (Å²) >= 11 is 0. The van der Waals surface area contributed by atoms with E-state index < -0.39 is 0 Å². The van der Waals surface area contributed by atoms with Crippen molar-refractivity contribution in [3.63, 3.8) is 0 Å². The summed E-state index contributed by atoms with van der Waals surface area (Å²) in [6.45, 7) is 15.0. The van der Waals surface area contributed by atoms with E-state index >= 15 is 0 Å². The summed E-state index contributed by atoms with van der Waals surface area (Å²) in [6.07, 6.45) is 9.56. The van der Waals surface area contributed by atoms with E-state index in [0.29, 0.717) is 11.8 Å². The Morgan fingerprint density at radius 3 is 2.13 bits per heavy atom. The molecule has 0 spiro atoms. The van der Waals surface area contributed by atoms with Crippen molar-refractivity contribution in [2.24, 2.45) is 17.8 Å². The molecule has 0 aromatic rings. The highest BCUT2D eigenvalue weighted by molar-refractivity contribution is 5.24. The average molecular weight is 206 g/mol. The minimum atomic E-state index is 0.672. The Hall–Kier alpha value is -0.780. The maximum absolute atomic E-state index is 3.72. The van der Waals surface area contributed by atoms with Gasteiger partial charge in [-0.3, -0.25) is 0 Å². The van der Waals surface area contributed by atoms with Crippen molar-refractivity contribution in [1.82, 2.24) is 0 Å². The molecule has 0 saturated heterocycles. The fraction of sp³-hybridized carbons (Fsp3) is 0.600. The van der Waals surface area contributed by atoms with Crippen LogP contribution < -0.4 is 0 Å². The second-order valence-corrected chi connectivity index (χ2v) is 4.86. The van der Waals surface area contributed by atoms with Crippen LogP contribution in [0.4, 0.5) is 0 Å². The van der Waals surface area contributed by atoms with Crippen molar-refractivity contribution in [2.75, 3.05) is 0 Å². The van der Waals surface area contributed by atoms with Crippen molar-refractivity contribution in [3.8, 4) is 0 Å². The summed E-state index contributed by atoms with van der Waals surface area (Å²) in [6, 6.07) is 0. The Morgan fingerprint density at radius 2 is 1.80 bits per heavy atom. The largest absolute Gasteiger partial charge is 0.0991 e. The lowest BCUT2D eigenvalue weighted by Gasteiger charge is -2.24. The lowest BCUT2D eigenvalue weighted by atomic mass is 9.81. The molecule has 0 heteroatoms. The molecule has 86 valence electrons. The summed E-state index contributed by atoms with van der Waals surface area (Å²) in [7, 11) is 0. The van der Waals surface area contributed by atoms with Gasteiger partial charge in [0.2, 0.25) is 0 Å². The highest BCUT2D eigenvalue weighted by Crippen LogP contribution is 2.28. The zero-order valence-electron chi connectivity index (χ0n) is 11.0. The van der Waals surface area contributed by atoms with E-state index in [-0.39, 0.29) is 0 Å². The van der Waals surface area contributed by atoms with Crippen LogP contribution >= 0.6 is 0 Å². The van der Waals surface area contributed by atoms with Crippen molar-refractivity contribution in [2.45, 2.75) is 41.0 Å². The van der Waals surface area contributed by atoms with Crippen LogP contribution in [0.1, 0.15) is 41.0 Å². The molecule has 1 unspecified atom stereocenters. The molecule has 0 nitrogen and oxygen atoms in total. The van der Waals surface area contributed by atoms with Gasteiger partial charge in [-0.15, -0.1) is 0 Å². The Kier molecular flexibility index (Phi) is 7.11. The normalized spacial score (nSPS) is 15.3. The molecular weight excluding hydrogens is 180 g/mol. The van der Waals surface area contributed by atoms with Crippen LogP contribution in [0.15, 0.2) is 36.5 Å². The predicted octanol–water partition coefficient (Wildman–Crippen LogP) is 4.99. The first-order valence-electron chi connectivity index (χ1n) is 5.98. The summed E-state index contributed by atoms with van der Waals surface area (Å²) in [5.41, 5.74) is 1.44. The molecule has 0 aromatic heterocycles. The van der Waals surface area contributed by atoms with Crippen LogP contribution in [0.3, 0.4) is 0 Å². The first-order chi connectivity index (χ1) is 7.02. The van der Waals surface area contributed by atoms with Gasteiger partial charge in [-0.2, -0.15) is 0 Å². The second-order valence-electron chi connectivity index (χ2n) is 4.86. The smallest absolute Gasteiger partial charge is 0.0140 e. The average Bonchev–Trinajstić information content (AvgIpc) is 2.16. The maximum atomic E-state index is 3.72. The van der Waals surface area contributed by atoms with Crippen LogP contribution in [-0.2, 0) is 0 Å². The molecule has 15 heavy (non-hydrogen) atoms. The van der Waals surface area contributed by atoms with Gasteiger partial charge in [0.25, 0.3) is 0 Å². The number of hydrogen-bond acceptors (Lipinski definition) is 0. The van der Waals surface area contributed by atoms with E-state index in [1.807, 2.05) is 12.2 Å². The van der Waals surface area contributed by atoms with Gasteiger partial charge >= 0.3 is 0 Å².